The quantitative estimate of drug-likeness (QED) is 0.404. The molecule has 0 bridgehead atoms. The molecule has 1 aliphatic rings. The lowest BCUT2D eigenvalue weighted by atomic mass is 10.2. The van der Waals surface area contributed by atoms with Crippen molar-refractivity contribution in [2.24, 2.45) is 16.8 Å². The summed E-state index contributed by atoms with van der Waals surface area (Å²) >= 11 is 0. The van der Waals surface area contributed by atoms with Gasteiger partial charge in [-0.25, -0.2) is 0 Å². The summed E-state index contributed by atoms with van der Waals surface area (Å²) in [6.07, 6.45) is 2.28. The maximum absolute atomic E-state index is 5.52. The van der Waals surface area contributed by atoms with Crippen molar-refractivity contribution in [2.75, 3.05) is 26.8 Å². The van der Waals surface area contributed by atoms with E-state index < -0.39 is 0 Å². The molecule has 0 aromatic rings. The van der Waals surface area contributed by atoms with Gasteiger partial charge in [-0.15, -0.1) is 0 Å². The molecule has 0 amide bonds. The van der Waals surface area contributed by atoms with Crippen molar-refractivity contribution in [2.45, 2.75) is 39.7 Å². The number of rotatable bonds is 7. The number of guanidine groups is 1. The Labute approximate surface area is 105 Å². The third kappa shape index (κ3) is 6.51. The van der Waals surface area contributed by atoms with E-state index in [0.717, 1.165) is 38.1 Å². The molecule has 1 saturated carbocycles. The fraction of sp³-hybridized carbons (Fsp3) is 0.923. The first kappa shape index (κ1) is 14.3. The molecule has 1 aliphatic carbocycles. The lowest BCUT2D eigenvalue weighted by Crippen LogP contribution is -2.39. The Morgan fingerprint density at radius 3 is 2.71 bits per heavy atom. The van der Waals surface area contributed by atoms with E-state index in [2.05, 4.69) is 36.4 Å². The molecule has 0 unspecified atom stereocenters. The number of aliphatic imine (C=N–C) groups is 1. The second kappa shape index (κ2) is 7.54. The van der Waals surface area contributed by atoms with Gasteiger partial charge in [0.2, 0.25) is 0 Å². The molecule has 0 aromatic carbocycles. The smallest absolute Gasteiger partial charge is 0.191 e. The van der Waals surface area contributed by atoms with Crippen molar-refractivity contribution >= 4 is 5.96 Å². The van der Waals surface area contributed by atoms with Gasteiger partial charge in [-0.1, -0.05) is 20.8 Å². The molecule has 0 radical (unpaired) electrons. The highest BCUT2D eigenvalue weighted by Crippen LogP contribution is 2.28. The van der Waals surface area contributed by atoms with Crippen LogP contribution in [0.3, 0.4) is 0 Å². The minimum atomic E-state index is 0.619. The van der Waals surface area contributed by atoms with Crippen molar-refractivity contribution < 1.29 is 4.74 Å². The molecule has 1 fully saturated rings. The molecule has 2 atom stereocenters. The van der Waals surface area contributed by atoms with Crippen molar-refractivity contribution in [3.63, 3.8) is 0 Å². The summed E-state index contributed by atoms with van der Waals surface area (Å²) in [5.74, 6) is 2.33. The first-order chi connectivity index (χ1) is 8.13. The summed E-state index contributed by atoms with van der Waals surface area (Å²) < 4.78 is 5.52. The van der Waals surface area contributed by atoms with Gasteiger partial charge in [0.15, 0.2) is 5.96 Å². The van der Waals surface area contributed by atoms with Crippen LogP contribution in [0.1, 0.15) is 33.6 Å². The average Bonchev–Trinajstić information content (AvgIpc) is 2.97. The molecule has 4 nitrogen and oxygen atoms in total. The van der Waals surface area contributed by atoms with Gasteiger partial charge in [-0.2, -0.15) is 0 Å². The molecular weight excluding hydrogens is 214 g/mol. The molecule has 0 spiro atoms. The Hall–Kier alpha value is -0.770. The summed E-state index contributed by atoms with van der Waals surface area (Å²) in [4.78, 5) is 4.20. The molecule has 100 valence electrons. The second-order valence-corrected chi connectivity index (χ2v) is 5.29. The number of nitrogens with zero attached hydrogens (tertiary/aromatic N) is 1. The van der Waals surface area contributed by atoms with E-state index in [-0.39, 0.29) is 0 Å². The van der Waals surface area contributed by atoms with Gasteiger partial charge in [-0.05, 0) is 24.7 Å². The molecule has 2 N–H and O–H groups in total. The van der Waals surface area contributed by atoms with Crippen molar-refractivity contribution in [3.8, 4) is 0 Å². The van der Waals surface area contributed by atoms with E-state index in [9.17, 15) is 0 Å². The van der Waals surface area contributed by atoms with E-state index in [1.807, 2.05) is 7.05 Å². The topological polar surface area (TPSA) is 45.7 Å². The number of hydrogen-bond acceptors (Lipinski definition) is 2. The van der Waals surface area contributed by atoms with Crippen molar-refractivity contribution in [1.29, 1.82) is 0 Å². The molecule has 1 rings (SSSR count). The lowest BCUT2D eigenvalue weighted by molar-refractivity contribution is 0.108. The molecule has 0 heterocycles. The number of ether oxygens (including phenoxy) is 1. The summed E-state index contributed by atoms with van der Waals surface area (Å²) in [6, 6.07) is 0.624. The lowest BCUT2D eigenvalue weighted by Gasteiger charge is -2.11. The molecular formula is C13H27N3O. The number of hydrogen-bond donors (Lipinski definition) is 2. The zero-order valence-electron chi connectivity index (χ0n) is 11.6. The third-order valence-electron chi connectivity index (χ3n) is 2.86. The molecule has 4 heteroatoms. The zero-order chi connectivity index (χ0) is 12.7. The minimum absolute atomic E-state index is 0.619. The van der Waals surface area contributed by atoms with Crippen LogP contribution in [0.2, 0.25) is 0 Å². The summed E-state index contributed by atoms with van der Waals surface area (Å²) in [5.41, 5.74) is 0. The van der Waals surface area contributed by atoms with E-state index in [0.29, 0.717) is 12.0 Å². The summed E-state index contributed by atoms with van der Waals surface area (Å²) in [7, 11) is 1.82. The van der Waals surface area contributed by atoms with E-state index >= 15 is 0 Å². The van der Waals surface area contributed by atoms with Crippen LogP contribution in [-0.2, 0) is 4.74 Å². The van der Waals surface area contributed by atoms with Gasteiger partial charge in [-0.3, -0.25) is 4.99 Å². The Morgan fingerprint density at radius 2 is 2.18 bits per heavy atom. The highest BCUT2D eigenvalue weighted by Gasteiger charge is 2.32. The van der Waals surface area contributed by atoms with E-state index in [4.69, 9.17) is 4.74 Å². The average molecular weight is 241 g/mol. The maximum atomic E-state index is 5.52. The van der Waals surface area contributed by atoms with Crippen LogP contribution in [-0.4, -0.2) is 38.8 Å². The van der Waals surface area contributed by atoms with Gasteiger partial charge in [0.25, 0.3) is 0 Å². The summed E-state index contributed by atoms with van der Waals surface area (Å²) in [5, 5.41) is 6.71. The first-order valence-corrected chi connectivity index (χ1v) is 6.68. The van der Waals surface area contributed by atoms with E-state index in [1.54, 1.807) is 0 Å². The van der Waals surface area contributed by atoms with Crippen LogP contribution >= 0.6 is 0 Å². The predicted molar refractivity (Wildman–Crippen MR) is 72.3 cm³/mol. The normalized spacial score (nSPS) is 23.9. The molecule has 0 saturated heterocycles. The Kier molecular flexibility index (Phi) is 6.34. The molecule has 0 aliphatic heterocycles. The van der Waals surface area contributed by atoms with Gasteiger partial charge in [0, 0.05) is 32.8 Å². The molecule has 17 heavy (non-hydrogen) atoms. The van der Waals surface area contributed by atoms with Crippen LogP contribution in [0.5, 0.6) is 0 Å². The van der Waals surface area contributed by atoms with Crippen molar-refractivity contribution in [3.05, 3.63) is 0 Å². The first-order valence-electron chi connectivity index (χ1n) is 6.68. The second-order valence-electron chi connectivity index (χ2n) is 5.29. The van der Waals surface area contributed by atoms with Crippen LogP contribution in [0.15, 0.2) is 4.99 Å². The molecule has 0 aromatic heterocycles. The number of nitrogens with one attached hydrogen (secondary N) is 2. The third-order valence-corrected chi connectivity index (χ3v) is 2.86. The van der Waals surface area contributed by atoms with Crippen molar-refractivity contribution in [1.82, 2.24) is 10.6 Å². The summed E-state index contributed by atoms with van der Waals surface area (Å²) in [6.45, 7) is 9.18. The SMILES string of the molecule is CN=C(NCCCOCC(C)C)N[C@@H]1C[C@H]1C. The Morgan fingerprint density at radius 1 is 1.47 bits per heavy atom. The Balaban J connectivity index is 1.96. The van der Waals surface area contributed by atoms with Gasteiger partial charge < -0.3 is 15.4 Å². The largest absolute Gasteiger partial charge is 0.381 e. The zero-order valence-corrected chi connectivity index (χ0v) is 11.6. The highest BCUT2D eigenvalue weighted by molar-refractivity contribution is 5.80. The minimum Gasteiger partial charge on any atom is -0.381 e. The fourth-order valence-corrected chi connectivity index (χ4v) is 1.59. The monoisotopic (exact) mass is 241 g/mol. The van der Waals surface area contributed by atoms with Gasteiger partial charge >= 0.3 is 0 Å². The fourth-order valence-electron chi connectivity index (χ4n) is 1.59. The predicted octanol–water partition coefficient (Wildman–Crippen LogP) is 1.62. The standard InChI is InChI=1S/C13H27N3O/c1-10(2)9-17-7-5-6-15-13(14-4)16-12-8-11(12)3/h10-12H,5-9H2,1-4H3,(H2,14,15,16)/t11-,12-/m1/s1. The van der Waals surface area contributed by atoms with Gasteiger partial charge in [0.1, 0.15) is 0 Å². The Bertz CT molecular complexity index is 241. The highest BCUT2D eigenvalue weighted by atomic mass is 16.5. The van der Waals surface area contributed by atoms with Gasteiger partial charge in [0.05, 0.1) is 0 Å². The van der Waals surface area contributed by atoms with Crippen LogP contribution < -0.4 is 10.6 Å². The van der Waals surface area contributed by atoms with Crippen LogP contribution in [0.25, 0.3) is 0 Å². The van der Waals surface area contributed by atoms with E-state index in [1.165, 1.54) is 6.42 Å². The van der Waals surface area contributed by atoms with Crippen LogP contribution in [0.4, 0.5) is 0 Å². The van der Waals surface area contributed by atoms with Crippen LogP contribution in [0, 0.1) is 11.8 Å². The maximum Gasteiger partial charge on any atom is 0.191 e.